The molecule has 0 aliphatic rings. The Morgan fingerprint density at radius 3 is 2.60 bits per heavy atom. The number of hydrogen-bond acceptors (Lipinski definition) is 4. The van der Waals surface area contributed by atoms with E-state index in [9.17, 15) is 4.79 Å². The first-order chi connectivity index (χ1) is 12.3. The highest BCUT2D eigenvalue weighted by Crippen LogP contribution is 2.24. The average molecular weight is 329 g/mol. The van der Waals surface area contributed by atoms with Crippen LogP contribution in [0.25, 0.3) is 22.6 Å². The van der Waals surface area contributed by atoms with E-state index < -0.39 is 0 Å². The lowest BCUT2D eigenvalue weighted by Gasteiger charge is -2.05. The number of nitrogens with one attached hydrogen (secondary N) is 1. The summed E-state index contributed by atoms with van der Waals surface area (Å²) in [6, 6.07) is 18.7. The van der Waals surface area contributed by atoms with E-state index in [0.717, 1.165) is 11.1 Å². The molecule has 0 spiro atoms. The molecule has 5 nitrogen and oxygen atoms in total. The molecule has 5 heteroatoms. The number of fused-ring (bicyclic) bond motifs is 1. The lowest BCUT2D eigenvalue weighted by molar-refractivity contribution is 0.0951. The maximum Gasteiger partial charge on any atom is 0.251 e. The fourth-order valence-corrected chi connectivity index (χ4v) is 2.57. The summed E-state index contributed by atoms with van der Waals surface area (Å²) in [6.45, 7) is 0.485. The molecule has 0 aliphatic heterocycles. The zero-order valence-electron chi connectivity index (χ0n) is 13.3. The van der Waals surface area contributed by atoms with E-state index in [1.54, 1.807) is 30.6 Å². The zero-order valence-corrected chi connectivity index (χ0v) is 13.3. The summed E-state index contributed by atoms with van der Waals surface area (Å²) in [4.78, 5) is 20.8. The largest absolute Gasteiger partial charge is 0.436 e. The normalized spacial score (nSPS) is 10.7. The summed E-state index contributed by atoms with van der Waals surface area (Å²) < 4.78 is 5.75. The molecule has 0 aliphatic carbocycles. The molecular weight excluding hydrogens is 314 g/mol. The minimum atomic E-state index is -0.140. The molecule has 2 heterocycles. The van der Waals surface area contributed by atoms with Crippen LogP contribution in [0.15, 0.2) is 77.5 Å². The molecule has 2 aromatic carbocycles. The van der Waals surface area contributed by atoms with Crippen molar-refractivity contribution in [3.05, 3.63) is 84.2 Å². The summed E-state index contributed by atoms with van der Waals surface area (Å²) in [5.41, 5.74) is 3.75. The summed E-state index contributed by atoms with van der Waals surface area (Å²) in [7, 11) is 0. The number of carbonyl (C=O) groups excluding carboxylic acids is 1. The molecule has 4 rings (SSSR count). The molecule has 1 amide bonds. The Kier molecular flexibility index (Phi) is 3.96. The van der Waals surface area contributed by atoms with Crippen LogP contribution in [0.3, 0.4) is 0 Å². The predicted octanol–water partition coefficient (Wildman–Crippen LogP) is 3.82. The number of pyridine rings is 1. The maximum atomic E-state index is 12.4. The van der Waals surface area contributed by atoms with Crippen molar-refractivity contribution in [2.45, 2.75) is 6.54 Å². The van der Waals surface area contributed by atoms with E-state index in [4.69, 9.17) is 4.42 Å². The van der Waals surface area contributed by atoms with Crippen LogP contribution in [0.2, 0.25) is 0 Å². The molecule has 0 saturated heterocycles. The van der Waals surface area contributed by atoms with Gasteiger partial charge in [-0.2, -0.15) is 0 Å². The van der Waals surface area contributed by atoms with E-state index in [-0.39, 0.29) is 5.91 Å². The van der Waals surface area contributed by atoms with Gasteiger partial charge in [-0.25, -0.2) is 4.98 Å². The number of carbonyl (C=O) groups is 1. The van der Waals surface area contributed by atoms with Crippen molar-refractivity contribution in [3.63, 3.8) is 0 Å². The van der Waals surface area contributed by atoms with Gasteiger partial charge in [0.2, 0.25) is 5.89 Å². The number of oxazole rings is 1. The first-order valence-electron chi connectivity index (χ1n) is 7.93. The van der Waals surface area contributed by atoms with Crippen molar-refractivity contribution in [2.24, 2.45) is 0 Å². The van der Waals surface area contributed by atoms with Gasteiger partial charge in [-0.15, -0.1) is 0 Å². The lowest BCUT2D eigenvalue weighted by Crippen LogP contribution is -2.22. The highest BCUT2D eigenvalue weighted by molar-refractivity contribution is 5.97. The van der Waals surface area contributed by atoms with Crippen LogP contribution < -0.4 is 5.32 Å². The van der Waals surface area contributed by atoms with Gasteiger partial charge < -0.3 is 9.73 Å². The fourth-order valence-electron chi connectivity index (χ4n) is 2.57. The van der Waals surface area contributed by atoms with Crippen molar-refractivity contribution >= 4 is 17.0 Å². The molecule has 0 radical (unpaired) electrons. The van der Waals surface area contributed by atoms with Gasteiger partial charge in [0.15, 0.2) is 5.58 Å². The second kappa shape index (κ2) is 6.57. The second-order valence-corrected chi connectivity index (χ2v) is 5.61. The van der Waals surface area contributed by atoms with Crippen LogP contribution in [0, 0.1) is 0 Å². The summed E-state index contributed by atoms with van der Waals surface area (Å²) in [5.74, 6) is 0.374. The van der Waals surface area contributed by atoms with Gasteiger partial charge in [0.25, 0.3) is 5.91 Å². The fraction of sp³-hybridized carbons (Fsp3) is 0.0500. The molecule has 0 atom stereocenters. The Bertz CT molecular complexity index is 1010. The Morgan fingerprint density at radius 1 is 1.00 bits per heavy atom. The highest BCUT2D eigenvalue weighted by Gasteiger charge is 2.11. The summed E-state index contributed by atoms with van der Waals surface area (Å²) >= 11 is 0. The third-order valence-electron chi connectivity index (χ3n) is 3.87. The number of amides is 1. The van der Waals surface area contributed by atoms with Crippen LogP contribution in [0.5, 0.6) is 0 Å². The van der Waals surface area contributed by atoms with E-state index in [2.05, 4.69) is 15.3 Å². The average Bonchev–Trinajstić information content (AvgIpc) is 3.11. The molecule has 0 fully saturated rings. The van der Waals surface area contributed by atoms with E-state index in [1.807, 2.05) is 42.5 Å². The Hall–Kier alpha value is -3.47. The molecule has 2 aromatic heterocycles. The van der Waals surface area contributed by atoms with Gasteiger partial charge in [0.05, 0.1) is 0 Å². The highest BCUT2D eigenvalue weighted by atomic mass is 16.3. The second-order valence-electron chi connectivity index (χ2n) is 5.61. The van der Waals surface area contributed by atoms with Crippen LogP contribution in [-0.2, 0) is 6.54 Å². The monoisotopic (exact) mass is 329 g/mol. The number of aromatic nitrogens is 2. The van der Waals surface area contributed by atoms with Gasteiger partial charge in [-0.1, -0.05) is 30.3 Å². The minimum Gasteiger partial charge on any atom is -0.436 e. The minimum absolute atomic E-state index is 0.140. The Labute approximate surface area is 144 Å². The quantitative estimate of drug-likeness (QED) is 0.618. The third-order valence-corrected chi connectivity index (χ3v) is 3.87. The predicted molar refractivity (Wildman–Crippen MR) is 94.9 cm³/mol. The molecular formula is C20H15N3O2. The van der Waals surface area contributed by atoms with Crippen molar-refractivity contribution in [2.75, 3.05) is 0 Å². The Morgan fingerprint density at radius 2 is 1.80 bits per heavy atom. The van der Waals surface area contributed by atoms with Crippen molar-refractivity contribution in [1.29, 1.82) is 0 Å². The number of nitrogens with zero attached hydrogens (tertiary/aromatic N) is 2. The van der Waals surface area contributed by atoms with Crippen LogP contribution in [0.4, 0.5) is 0 Å². The van der Waals surface area contributed by atoms with Crippen molar-refractivity contribution < 1.29 is 9.21 Å². The SMILES string of the molecule is O=C(NCc1ccccc1)c1ccc2oc(-c3ccncc3)nc2c1. The van der Waals surface area contributed by atoms with Crippen LogP contribution in [-0.4, -0.2) is 15.9 Å². The van der Waals surface area contributed by atoms with Gasteiger partial charge in [-0.05, 0) is 35.9 Å². The standard InChI is InChI=1S/C20H15N3O2/c24-19(22-13-14-4-2-1-3-5-14)16-6-7-18-17(12-16)23-20(25-18)15-8-10-21-11-9-15/h1-12H,13H2,(H,22,24). The van der Waals surface area contributed by atoms with Crippen LogP contribution >= 0.6 is 0 Å². The van der Waals surface area contributed by atoms with Gasteiger partial charge >= 0.3 is 0 Å². The van der Waals surface area contributed by atoms with E-state index in [0.29, 0.717) is 29.1 Å². The van der Waals surface area contributed by atoms with Gasteiger partial charge in [0.1, 0.15) is 5.52 Å². The number of rotatable bonds is 4. The number of hydrogen-bond donors (Lipinski definition) is 1. The topological polar surface area (TPSA) is 68.0 Å². The molecule has 1 N–H and O–H groups in total. The van der Waals surface area contributed by atoms with Crippen LogP contribution in [0.1, 0.15) is 15.9 Å². The first-order valence-corrected chi connectivity index (χ1v) is 7.93. The summed E-state index contributed by atoms with van der Waals surface area (Å²) in [6.07, 6.45) is 3.37. The molecule has 25 heavy (non-hydrogen) atoms. The molecule has 0 saturated carbocycles. The lowest BCUT2D eigenvalue weighted by atomic mass is 10.2. The van der Waals surface area contributed by atoms with Gasteiger partial charge in [-0.3, -0.25) is 9.78 Å². The van der Waals surface area contributed by atoms with Crippen molar-refractivity contribution in [1.82, 2.24) is 15.3 Å². The number of benzene rings is 2. The third kappa shape index (κ3) is 3.26. The maximum absolute atomic E-state index is 12.4. The van der Waals surface area contributed by atoms with E-state index >= 15 is 0 Å². The Balaban J connectivity index is 1.55. The molecule has 0 unspecified atom stereocenters. The molecule has 4 aromatic rings. The molecule has 0 bridgehead atoms. The zero-order chi connectivity index (χ0) is 17.1. The van der Waals surface area contributed by atoms with Crippen molar-refractivity contribution in [3.8, 4) is 11.5 Å². The van der Waals surface area contributed by atoms with Gasteiger partial charge in [0, 0.05) is 30.1 Å². The summed E-state index contributed by atoms with van der Waals surface area (Å²) in [5, 5.41) is 2.91. The molecule has 122 valence electrons. The smallest absolute Gasteiger partial charge is 0.251 e. The van der Waals surface area contributed by atoms with E-state index in [1.165, 1.54) is 0 Å². The first kappa shape index (κ1) is 15.1.